The number of aromatic nitrogens is 2. The molecule has 8 nitrogen and oxygen atoms in total. The van der Waals surface area contributed by atoms with Crippen LogP contribution < -0.4 is 9.47 Å². The molecule has 0 fully saturated rings. The van der Waals surface area contributed by atoms with Crippen molar-refractivity contribution in [1.82, 2.24) is 14.2 Å². The average Bonchev–Trinajstić information content (AvgIpc) is 3.55. The fourth-order valence-electron chi connectivity index (χ4n) is 4.31. The summed E-state index contributed by atoms with van der Waals surface area (Å²) in [5.74, 6) is 1.41. The molecule has 1 aliphatic rings. The van der Waals surface area contributed by atoms with E-state index in [1.165, 1.54) is 10.7 Å². The highest BCUT2D eigenvalue weighted by atomic mass is 32.2. The Balaban J connectivity index is 1.63. The van der Waals surface area contributed by atoms with Gasteiger partial charge in [0.25, 0.3) is 0 Å². The molecule has 184 valence electrons. The summed E-state index contributed by atoms with van der Waals surface area (Å²) >= 11 is 0. The summed E-state index contributed by atoms with van der Waals surface area (Å²) in [6.45, 7) is 0. The minimum Gasteiger partial charge on any atom is -0.497 e. The molecule has 2 heterocycles. The number of sulfonamides is 1. The molecule has 36 heavy (non-hydrogen) atoms. The van der Waals surface area contributed by atoms with Gasteiger partial charge in [-0.1, -0.05) is 42.5 Å². The summed E-state index contributed by atoms with van der Waals surface area (Å²) in [6.07, 6.45) is 3.48. The third kappa shape index (κ3) is 4.57. The Labute approximate surface area is 210 Å². The molecule has 4 aromatic rings. The first-order valence-corrected chi connectivity index (χ1v) is 13.2. The fourth-order valence-corrected chi connectivity index (χ4v) is 5.22. The van der Waals surface area contributed by atoms with Crippen molar-refractivity contribution in [2.24, 2.45) is 5.10 Å². The van der Waals surface area contributed by atoms with Crippen LogP contribution in [0.3, 0.4) is 0 Å². The van der Waals surface area contributed by atoms with E-state index in [2.05, 4.69) is 5.10 Å². The predicted octanol–water partition coefficient (Wildman–Crippen LogP) is 4.67. The standard InChI is InChI=1S/C27H26N4O4S/c1-34-22-14-12-19(13-15-22)26-17-25(28-31(26)36(3,32)33)24-18-30(21-9-5-4-6-10-21)29-27(24)20-8-7-11-23(16-20)35-2/h4-16,18,26H,17H2,1-3H3. The second-order valence-electron chi connectivity index (χ2n) is 8.48. The van der Waals surface area contributed by atoms with Gasteiger partial charge in [0.15, 0.2) is 0 Å². The quantitative estimate of drug-likeness (QED) is 0.367. The van der Waals surface area contributed by atoms with E-state index in [9.17, 15) is 8.42 Å². The predicted molar refractivity (Wildman–Crippen MR) is 139 cm³/mol. The van der Waals surface area contributed by atoms with Crippen LogP contribution in [0.15, 0.2) is 90.2 Å². The molecule has 0 bridgehead atoms. The van der Waals surface area contributed by atoms with E-state index in [0.717, 1.165) is 22.4 Å². The van der Waals surface area contributed by atoms with Gasteiger partial charge in [0.05, 0.1) is 37.9 Å². The van der Waals surface area contributed by atoms with Crippen LogP contribution in [0.2, 0.25) is 0 Å². The monoisotopic (exact) mass is 502 g/mol. The largest absolute Gasteiger partial charge is 0.497 e. The normalized spacial score (nSPS) is 15.6. The summed E-state index contributed by atoms with van der Waals surface area (Å²) in [7, 11) is -0.408. The van der Waals surface area contributed by atoms with Gasteiger partial charge in [-0.3, -0.25) is 0 Å². The number of methoxy groups -OCH3 is 2. The Bertz CT molecular complexity index is 1510. The summed E-state index contributed by atoms with van der Waals surface area (Å²) in [5, 5.41) is 9.49. The number of hydrogen-bond acceptors (Lipinski definition) is 6. The smallest absolute Gasteiger partial charge is 0.247 e. The molecule has 1 aliphatic heterocycles. The molecule has 0 spiro atoms. The highest BCUT2D eigenvalue weighted by Crippen LogP contribution is 2.38. The number of nitrogens with zero attached hydrogens (tertiary/aromatic N) is 4. The van der Waals surface area contributed by atoms with Crippen molar-refractivity contribution in [2.45, 2.75) is 12.5 Å². The molecule has 0 radical (unpaired) electrons. The first-order chi connectivity index (χ1) is 17.4. The van der Waals surface area contributed by atoms with E-state index in [-0.39, 0.29) is 0 Å². The van der Waals surface area contributed by atoms with Gasteiger partial charge in [-0.25, -0.2) is 13.1 Å². The van der Waals surface area contributed by atoms with Crippen molar-refractivity contribution >= 4 is 15.7 Å². The fraction of sp³-hybridized carbons (Fsp3) is 0.185. The van der Waals surface area contributed by atoms with Crippen LogP contribution in [0.4, 0.5) is 0 Å². The van der Waals surface area contributed by atoms with Crippen molar-refractivity contribution < 1.29 is 17.9 Å². The minimum atomic E-state index is -3.62. The van der Waals surface area contributed by atoms with E-state index in [0.29, 0.717) is 29.3 Å². The lowest BCUT2D eigenvalue weighted by Crippen LogP contribution is -2.25. The van der Waals surface area contributed by atoms with Gasteiger partial charge in [-0.05, 0) is 42.0 Å². The van der Waals surface area contributed by atoms with Crippen LogP contribution in [0, 0.1) is 0 Å². The molecule has 1 atom stereocenters. The van der Waals surface area contributed by atoms with Crippen LogP contribution >= 0.6 is 0 Å². The lowest BCUT2D eigenvalue weighted by Gasteiger charge is -2.21. The van der Waals surface area contributed by atoms with Gasteiger partial charge in [-0.2, -0.15) is 14.6 Å². The molecule has 5 rings (SSSR count). The second-order valence-corrected chi connectivity index (χ2v) is 10.3. The molecule has 0 saturated heterocycles. The van der Waals surface area contributed by atoms with Gasteiger partial charge in [0.2, 0.25) is 10.0 Å². The molecule has 1 unspecified atom stereocenters. The van der Waals surface area contributed by atoms with Crippen molar-refractivity contribution in [3.05, 3.63) is 96.2 Å². The zero-order valence-corrected chi connectivity index (χ0v) is 21.0. The van der Waals surface area contributed by atoms with Gasteiger partial charge >= 0.3 is 0 Å². The zero-order valence-electron chi connectivity index (χ0n) is 20.2. The summed E-state index contributed by atoms with van der Waals surface area (Å²) in [6, 6.07) is 24.3. The van der Waals surface area contributed by atoms with Gasteiger partial charge in [0, 0.05) is 23.7 Å². The molecule has 1 aromatic heterocycles. The van der Waals surface area contributed by atoms with E-state index in [1.54, 1.807) is 18.9 Å². The summed E-state index contributed by atoms with van der Waals surface area (Å²) < 4.78 is 39.2. The van der Waals surface area contributed by atoms with Crippen LogP contribution in [0.5, 0.6) is 11.5 Å². The van der Waals surface area contributed by atoms with Gasteiger partial charge in [-0.15, -0.1) is 0 Å². The number of benzene rings is 3. The Morgan fingerprint density at radius 3 is 2.28 bits per heavy atom. The number of hydrogen-bond donors (Lipinski definition) is 0. The molecule has 0 saturated carbocycles. The summed E-state index contributed by atoms with van der Waals surface area (Å²) in [5.41, 5.74) is 4.66. The Kier molecular flexibility index (Phi) is 6.24. The maximum absolute atomic E-state index is 12.7. The zero-order chi connectivity index (χ0) is 25.3. The highest BCUT2D eigenvalue weighted by Gasteiger charge is 2.36. The molecule has 3 aromatic carbocycles. The maximum Gasteiger partial charge on any atom is 0.247 e. The van der Waals surface area contributed by atoms with E-state index in [1.807, 2.05) is 85.1 Å². The lowest BCUT2D eigenvalue weighted by atomic mass is 9.97. The van der Waals surface area contributed by atoms with E-state index in [4.69, 9.17) is 14.6 Å². The van der Waals surface area contributed by atoms with Crippen LogP contribution in [-0.2, 0) is 10.0 Å². The molecular weight excluding hydrogens is 476 g/mol. The SMILES string of the molecule is COc1ccc(C2CC(c3cn(-c4ccccc4)nc3-c3cccc(OC)c3)=NN2S(C)(=O)=O)cc1. The number of rotatable bonds is 7. The van der Waals surface area contributed by atoms with Crippen molar-refractivity contribution in [1.29, 1.82) is 0 Å². The highest BCUT2D eigenvalue weighted by molar-refractivity contribution is 7.88. The number of ether oxygens (including phenoxy) is 2. The number of hydrazone groups is 1. The van der Waals surface area contributed by atoms with Crippen molar-refractivity contribution in [2.75, 3.05) is 20.5 Å². The van der Waals surface area contributed by atoms with Crippen LogP contribution in [0.1, 0.15) is 23.6 Å². The van der Waals surface area contributed by atoms with Crippen LogP contribution in [-0.4, -0.2) is 48.8 Å². The minimum absolute atomic E-state index is 0.400. The van der Waals surface area contributed by atoms with Gasteiger partial charge < -0.3 is 9.47 Å². The third-order valence-corrected chi connectivity index (χ3v) is 7.12. The topological polar surface area (TPSA) is 86.0 Å². The average molecular weight is 503 g/mol. The maximum atomic E-state index is 12.7. The molecule has 0 amide bonds. The van der Waals surface area contributed by atoms with Crippen molar-refractivity contribution in [3.8, 4) is 28.4 Å². The van der Waals surface area contributed by atoms with E-state index < -0.39 is 16.1 Å². The Morgan fingerprint density at radius 2 is 1.61 bits per heavy atom. The molecule has 0 N–H and O–H groups in total. The van der Waals surface area contributed by atoms with Crippen molar-refractivity contribution in [3.63, 3.8) is 0 Å². The van der Waals surface area contributed by atoms with E-state index >= 15 is 0 Å². The van der Waals surface area contributed by atoms with Crippen LogP contribution in [0.25, 0.3) is 16.9 Å². The Hall–Kier alpha value is -4.11. The third-order valence-electron chi connectivity index (χ3n) is 6.10. The first-order valence-electron chi connectivity index (χ1n) is 11.4. The summed E-state index contributed by atoms with van der Waals surface area (Å²) in [4.78, 5) is 0. The van der Waals surface area contributed by atoms with Gasteiger partial charge in [0.1, 0.15) is 17.2 Å². The molecule has 0 aliphatic carbocycles. The lowest BCUT2D eigenvalue weighted by molar-refractivity contribution is 0.374. The first kappa shape index (κ1) is 23.6. The Morgan fingerprint density at radius 1 is 0.889 bits per heavy atom. The molecular formula is C27H26N4O4S. The number of para-hydroxylation sites is 1. The molecule has 9 heteroatoms. The second kappa shape index (κ2) is 9.50.